The molecule has 0 amide bonds. The minimum Gasteiger partial charge on any atom is -0.496 e. The molecule has 3 heteroatoms. The Kier molecular flexibility index (Phi) is 2.80. The molecular formula is C9H11NO2. The van der Waals surface area contributed by atoms with E-state index in [1.54, 1.807) is 32.5 Å². The predicted octanol–water partition coefficient (Wildman–Crippen LogP) is 1.22. The van der Waals surface area contributed by atoms with E-state index in [0.717, 1.165) is 11.3 Å². The fourth-order valence-corrected chi connectivity index (χ4v) is 1.01. The molecule has 1 aromatic rings. The van der Waals surface area contributed by atoms with E-state index >= 15 is 0 Å². The Hall–Kier alpha value is -1.38. The molecule has 0 radical (unpaired) electrons. The second-order valence-electron chi connectivity index (χ2n) is 2.57. The maximum atomic E-state index is 10.8. The van der Waals surface area contributed by atoms with Gasteiger partial charge in [0, 0.05) is 24.4 Å². The normalized spacial score (nSPS) is 9.50. The third-order valence-electron chi connectivity index (χ3n) is 1.52. The summed E-state index contributed by atoms with van der Waals surface area (Å²) in [5.74, 6) is 0.835. The Morgan fingerprint density at radius 3 is 3.00 bits per heavy atom. The number of aromatic nitrogens is 1. The molecule has 1 rings (SSSR count). The van der Waals surface area contributed by atoms with Crippen molar-refractivity contribution in [2.24, 2.45) is 0 Å². The number of hydrogen-bond acceptors (Lipinski definition) is 3. The van der Waals surface area contributed by atoms with Gasteiger partial charge in [-0.25, -0.2) is 0 Å². The number of nitrogens with zero attached hydrogens (tertiary/aromatic N) is 1. The van der Waals surface area contributed by atoms with E-state index in [-0.39, 0.29) is 5.78 Å². The van der Waals surface area contributed by atoms with Crippen molar-refractivity contribution in [1.29, 1.82) is 0 Å². The van der Waals surface area contributed by atoms with Crippen LogP contribution in [0.15, 0.2) is 18.5 Å². The molecule has 0 saturated heterocycles. The Bertz CT molecular complexity index is 284. The van der Waals surface area contributed by atoms with Crippen molar-refractivity contribution in [3.8, 4) is 5.75 Å². The van der Waals surface area contributed by atoms with Gasteiger partial charge in [0.25, 0.3) is 0 Å². The third-order valence-corrected chi connectivity index (χ3v) is 1.52. The zero-order valence-corrected chi connectivity index (χ0v) is 7.20. The molecule has 1 aromatic heterocycles. The van der Waals surface area contributed by atoms with E-state index < -0.39 is 0 Å². The van der Waals surface area contributed by atoms with Crippen molar-refractivity contribution in [2.75, 3.05) is 7.11 Å². The maximum Gasteiger partial charge on any atom is 0.134 e. The first-order valence-corrected chi connectivity index (χ1v) is 3.70. The first kappa shape index (κ1) is 8.71. The molecule has 12 heavy (non-hydrogen) atoms. The predicted molar refractivity (Wildman–Crippen MR) is 45.2 cm³/mol. The number of carbonyl (C=O) groups is 1. The van der Waals surface area contributed by atoms with Gasteiger partial charge in [-0.1, -0.05) is 0 Å². The number of methoxy groups -OCH3 is 1. The Balaban J connectivity index is 2.89. The molecule has 0 saturated carbocycles. The van der Waals surface area contributed by atoms with Crippen LogP contribution < -0.4 is 4.74 Å². The van der Waals surface area contributed by atoms with Crippen LogP contribution in [0.2, 0.25) is 0 Å². The highest BCUT2D eigenvalue weighted by Gasteiger charge is 2.03. The average molecular weight is 165 g/mol. The zero-order chi connectivity index (χ0) is 8.97. The van der Waals surface area contributed by atoms with Crippen molar-refractivity contribution in [3.05, 3.63) is 24.0 Å². The molecule has 0 atom stereocenters. The zero-order valence-electron chi connectivity index (χ0n) is 7.20. The highest BCUT2D eigenvalue weighted by atomic mass is 16.5. The monoisotopic (exact) mass is 165 g/mol. The van der Waals surface area contributed by atoms with Crippen molar-refractivity contribution in [1.82, 2.24) is 4.98 Å². The van der Waals surface area contributed by atoms with Crippen molar-refractivity contribution in [2.45, 2.75) is 13.3 Å². The molecule has 3 nitrogen and oxygen atoms in total. The lowest BCUT2D eigenvalue weighted by molar-refractivity contribution is -0.116. The summed E-state index contributed by atoms with van der Waals surface area (Å²) in [6.07, 6.45) is 3.68. The van der Waals surface area contributed by atoms with E-state index in [0.29, 0.717) is 6.42 Å². The lowest BCUT2D eigenvalue weighted by atomic mass is 10.1. The van der Waals surface area contributed by atoms with Crippen LogP contribution in [0.25, 0.3) is 0 Å². The molecule has 0 N–H and O–H groups in total. The van der Waals surface area contributed by atoms with Gasteiger partial charge >= 0.3 is 0 Å². The summed E-state index contributed by atoms with van der Waals surface area (Å²) in [4.78, 5) is 14.7. The van der Waals surface area contributed by atoms with Crippen LogP contribution in [-0.2, 0) is 11.2 Å². The second-order valence-corrected chi connectivity index (χ2v) is 2.57. The third kappa shape index (κ3) is 2.05. The highest BCUT2D eigenvalue weighted by molar-refractivity contribution is 5.78. The van der Waals surface area contributed by atoms with Crippen molar-refractivity contribution < 1.29 is 9.53 Å². The summed E-state index contributed by atoms with van der Waals surface area (Å²) < 4.78 is 5.05. The minimum absolute atomic E-state index is 0.112. The number of ether oxygens (including phenoxy) is 1. The quantitative estimate of drug-likeness (QED) is 0.676. The highest BCUT2D eigenvalue weighted by Crippen LogP contribution is 2.16. The maximum absolute atomic E-state index is 10.8. The summed E-state index contributed by atoms with van der Waals surface area (Å²) in [6, 6.07) is 1.75. The molecule has 0 aromatic carbocycles. The first-order valence-electron chi connectivity index (χ1n) is 3.70. The first-order chi connectivity index (χ1) is 5.74. The van der Waals surface area contributed by atoms with Crippen molar-refractivity contribution >= 4 is 5.78 Å². The van der Waals surface area contributed by atoms with E-state index in [2.05, 4.69) is 4.98 Å². The Morgan fingerprint density at radius 2 is 2.42 bits per heavy atom. The number of carbonyl (C=O) groups excluding carboxylic acids is 1. The fraction of sp³-hybridized carbons (Fsp3) is 0.333. The summed E-state index contributed by atoms with van der Waals surface area (Å²) in [5.41, 5.74) is 0.840. The standard InChI is InChI=1S/C9H11NO2/c1-7(11)5-8-6-10-4-3-9(8)12-2/h3-4,6H,5H2,1-2H3. The van der Waals surface area contributed by atoms with Gasteiger partial charge in [0.1, 0.15) is 11.5 Å². The molecule has 0 bridgehead atoms. The van der Waals surface area contributed by atoms with Gasteiger partial charge in [0.15, 0.2) is 0 Å². The van der Waals surface area contributed by atoms with Crippen LogP contribution in [0.1, 0.15) is 12.5 Å². The van der Waals surface area contributed by atoms with Gasteiger partial charge in [0.05, 0.1) is 7.11 Å². The molecular weight excluding hydrogens is 154 g/mol. The molecule has 0 spiro atoms. The molecule has 0 fully saturated rings. The lowest BCUT2D eigenvalue weighted by Crippen LogP contribution is -1.99. The van der Waals surface area contributed by atoms with E-state index in [1.807, 2.05) is 0 Å². The molecule has 0 aliphatic carbocycles. The summed E-state index contributed by atoms with van der Waals surface area (Å²) >= 11 is 0. The lowest BCUT2D eigenvalue weighted by Gasteiger charge is -2.04. The smallest absolute Gasteiger partial charge is 0.134 e. The summed E-state index contributed by atoms with van der Waals surface area (Å²) in [6.45, 7) is 1.55. The molecule has 0 aliphatic rings. The van der Waals surface area contributed by atoms with Gasteiger partial charge in [0.2, 0.25) is 0 Å². The van der Waals surface area contributed by atoms with Gasteiger partial charge in [-0.3, -0.25) is 9.78 Å². The average Bonchev–Trinajstić information content (AvgIpc) is 2.04. The molecule has 1 heterocycles. The SMILES string of the molecule is COc1ccncc1CC(C)=O. The minimum atomic E-state index is 0.112. The van der Waals surface area contributed by atoms with Crippen LogP contribution in [0.4, 0.5) is 0 Å². The van der Waals surface area contributed by atoms with Gasteiger partial charge in [-0.2, -0.15) is 0 Å². The second kappa shape index (κ2) is 3.85. The number of ketones is 1. The largest absolute Gasteiger partial charge is 0.496 e. The van der Waals surface area contributed by atoms with Gasteiger partial charge < -0.3 is 4.74 Å². The number of hydrogen-bond donors (Lipinski definition) is 0. The molecule has 0 unspecified atom stereocenters. The van der Waals surface area contributed by atoms with Crippen LogP contribution in [0.3, 0.4) is 0 Å². The number of rotatable bonds is 3. The van der Waals surface area contributed by atoms with Crippen LogP contribution in [-0.4, -0.2) is 17.9 Å². The van der Waals surface area contributed by atoms with Crippen molar-refractivity contribution in [3.63, 3.8) is 0 Å². The fourth-order valence-electron chi connectivity index (χ4n) is 1.01. The Labute approximate surface area is 71.4 Å². The summed E-state index contributed by atoms with van der Waals surface area (Å²) in [7, 11) is 1.58. The van der Waals surface area contributed by atoms with Crippen LogP contribution in [0.5, 0.6) is 5.75 Å². The summed E-state index contributed by atoms with van der Waals surface area (Å²) in [5, 5.41) is 0. The van der Waals surface area contributed by atoms with Gasteiger partial charge in [-0.05, 0) is 13.0 Å². The topological polar surface area (TPSA) is 39.2 Å². The van der Waals surface area contributed by atoms with E-state index in [1.165, 1.54) is 0 Å². The number of pyridine rings is 1. The molecule has 64 valence electrons. The van der Waals surface area contributed by atoms with E-state index in [4.69, 9.17) is 4.74 Å². The van der Waals surface area contributed by atoms with Crippen LogP contribution in [0, 0.1) is 0 Å². The van der Waals surface area contributed by atoms with Gasteiger partial charge in [-0.15, -0.1) is 0 Å². The molecule has 0 aliphatic heterocycles. The van der Waals surface area contributed by atoms with E-state index in [9.17, 15) is 4.79 Å². The number of Topliss-reactive ketones (excluding diaryl/α,β-unsaturated/α-hetero) is 1. The van der Waals surface area contributed by atoms with Crippen LogP contribution >= 0.6 is 0 Å². The Morgan fingerprint density at radius 1 is 1.67 bits per heavy atom.